The van der Waals surface area contributed by atoms with Crippen LogP contribution in [0.2, 0.25) is 10.0 Å². The van der Waals surface area contributed by atoms with E-state index in [0.717, 1.165) is 5.69 Å². The molecule has 1 N–H and O–H groups in total. The minimum Gasteiger partial charge on any atom is -0.494 e. The van der Waals surface area contributed by atoms with Crippen LogP contribution in [0, 0.1) is 10.1 Å². The zero-order chi connectivity index (χ0) is 20.3. The number of anilines is 2. The molecule has 10 heteroatoms. The third-order valence-corrected chi connectivity index (χ3v) is 5.21. The predicted molar refractivity (Wildman–Crippen MR) is 109 cm³/mol. The first kappa shape index (κ1) is 20.0. The quantitative estimate of drug-likeness (QED) is 0.584. The molecule has 1 aliphatic rings. The van der Waals surface area contributed by atoms with Crippen molar-refractivity contribution in [3.63, 3.8) is 0 Å². The molecule has 1 heterocycles. The van der Waals surface area contributed by atoms with Gasteiger partial charge in [-0.1, -0.05) is 23.2 Å². The third kappa shape index (κ3) is 4.40. The van der Waals surface area contributed by atoms with Crippen LogP contribution in [0.4, 0.5) is 21.9 Å². The van der Waals surface area contributed by atoms with Gasteiger partial charge in [-0.25, -0.2) is 4.79 Å². The van der Waals surface area contributed by atoms with Gasteiger partial charge in [-0.05, 0) is 24.3 Å². The van der Waals surface area contributed by atoms with Gasteiger partial charge >= 0.3 is 6.03 Å². The minimum absolute atomic E-state index is 0.106. The lowest BCUT2D eigenvalue weighted by molar-refractivity contribution is -0.384. The Morgan fingerprint density at radius 3 is 2.43 bits per heavy atom. The molecular formula is C18H18Cl2N4O4. The molecule has 8 nitrogen and oxygen atoms in total. The number of carbonyl (C=O) groups excluding carboxylic acids is 1. The van der Waals surface area contributed by atoms with Crippen LogP contribution in [0.5, 0.6) is 5.75 Å². The van der Waals surface area contributed by atoms with Crippen molar-refractivity contribution in [3.05, 3.63) is 56.6 Å². The number of nitro benzene ring substituents is 1. The summed E-state index contributed by atoms with van der Waals surface area (Å²) in [6, 6.07) is 9.21. The van der Waals surface area contributed by atoms with Crippen LogP contribution in [-0.4, -0.2) is 49.1 Å². The Hall–Kier alpha value is -2.71. The van der Waals surface area contributed by atoms with Crippen molar-refractivity contribution >= 4 is 46.3 Å². The molecule has 0 atom stereocenters. The first-order valence-corrected chi connectivity index (χ1v) is 9.23. The van der Waals surface area contributed by atoms with Crippen LogP contribution in [-0.2, 0) is 0 Å². The van der Waals surface area contributed by atoms with Gasteiger partial charge in [-0.3, -0.25) is 10.1 Å². The van der Waals surface area contributed by atoms with Crippen LogP contribution in [0.3, 0.4) is 0 Å². The van der Waals surface area contributed by atoms with Gasteiger partial charge in [0.05, 0.1) is 33.8 Å². The summed E-state index contributed by atoms with van der Waals surface area (Å²) in [7, 11) is 1.39. The second-order valence-electron chi connectivity index (χ2n) is 6.14. The summed E-state index contributed by atoms with van der Waals surface area (Å²) in [5, 5.41) is 14.6. The Morgan fingerprint density at radius 1 is 1.11 bits per heavy atom. The number of non-ortho nitro benzene ring substituents is 1. The van der Waals surface area contributed by atoms with Crippen molar-refractivity contribution in [3.8, 4) is 5.75 Å². The number of ether oxygens (including phenoxy) is 1. The van der Waals surface area contributed by atoms with Gasteiger partial charge in [0, 0.05) is 37.9 Å². The highest BCUT2D eigenvalue weighted by Crippen LogP contribution is 2.30. The lowest BCUT2D eigenvalue weighted by Gasteiger charge is -2.36. The number of hydrogen-bond acceptors (Lipinski definition) is 5. The molecule has 2 amide bonds. The fourth-order valence-electron chi connectivity index (χ4n) is 2.94. The SMILES string of the molecule is COc1cc([N+](=O)[O-])ccc1NC(=O)N1CCN(c2ccc(Cl)c(Cl)c2)CC1. The highest BCUT2D eigenvalue weighted by molar-refractivity contribution is 6.42. The molecule has 0 bridgehead atoms. The van der Waals surface area contributed by atoms with E-state index in [-0.39, 0.29) is 17.5 Å². The average molecular weight is 425 g/mol. The van der Waals surface area contributed by atoms with E-state index in [1.54, 1.807) is 17.0 Å². The molecule has 0 aromatic heterocycles. The highest BCUT2D eigenvalue weighted by Gasteiger charge is 2.23. The Labute approximate surface area is 171 Å². The number of amides is 2. The zero-order valence-corrected chi connectivity index (χ0v) is 16.5. The molecule has 1 saturated heterocycles. The predicted octanol–water partition coefficient (Wildman–Crippen LogP) is 4.26. The van der Waals surface area contributed by atoms with Gasteiger partial charge < -0.3 is 19.9 Å². The first-order valence-electron chi connectivity index (χ1n) is 8.47. The van der Waals surface area contributed by atoms with Crippen LogP contribution in [0.1, 0.15) is 0 Å². The molecule has 2 aromatic rings. The van der Waals surface area contributed by atoms with Crippen molar-refractivity contribution in [2.75, 3.05) is 43.5 Å². The summed E-state index contributed by atoms with van der Waals surface area (Å²) in [5.74, 6) is 0.233. The fraction of sp³-hybridized carbons (Fsp3) is 0.278. The van der Waals surface area contributed by atoms with Crippen molar-refractivity contribution < 1.29 is 14.5 Å². The second kappa shape index (κ2) is 8.53. The molecule has 28 heavy (non-hydrogen) atoms. The number of nitrogens with one attached hydrogen (secondary N) is 1. The number of halogens is 2. The number of benzene rings is 2. The molecule has 1 fully saturated rings. The van der Waals surface area contributed by atoms with E-state index in [0.29, 0.717) is 41.9 Å². The average Bonchev–Trinajstić information content (AvgIpc) is 2.70. The standard InChI is InChI=1S/C18H18Cl2N4O4/c1-28-17-11-13(24(26)27)3-5-16(17)21-18(25)23-8-6-22(7-9-23)12-2-4-14(19)15(20)10-12/h2-5,10-11H,6-9H2,1H3,(H,21,25). The van der Waals surface area contributed by atoms with E-state index < -0.39 is 4.92 Å². The topological polar surface area (TPSA) is 87.9 Å². The maximum atomic E-state index is 12.6. The summed E-state index contributed by atoms with van der Waals surface area (Å²) in [5.41, 5.74) is 1.22. The van der Waals surface area contributed by atoms with E-state index >= 15 is 0 Å². The molecule has 0 unspecified atom stereocenters. The molecule has 3 rings (SSSR count). The maximum absolute atomic E-state index is 12.6. The van der Waals surface area contributed by atoms with E-state index in [4.69, 9.17) is 27.9 Å². The van der Waals surface area contributed by atoms with Crippen molar-refractivity contribution in [1.29, 1.82) is 0 Å². The summed E-state index contributed by atoms with van der Waals surface area (Å²) in [4.78, 5) is 26.7. The minimum atomic E-state index is -0.517. The number of methoxy groups -OCH3 is 1. The number of hydrogen-bond donors (Lipinski definition) is 1. The molecule has 0 spiro atoms. The molecule has 2 aromatic carbocycles. The fourth-order valence-corrected chi connectivity index (χ4v) is 3.23. The summed E-state index contributed by atoms with van der Waals surface area (Å²) < 4.78 is 5.15. The van der Waals surface area contributed by atoms with Crippen molar-refractivity contribution in [1.82, 2.24) is 4.90 Å². The summed E-state index contributed by atoms with van der Waals surface area (Å²) in [6.45, 7) is 2.31. The first-order chi connectivity index (χ1) is 13.4. The lowest BCUT2D eigenvalue weighted by Crippen LogP contribution is -2.50. The molecule has 0 aliphatic carbocycles. The summed E-state index contributed by atoms with van der Waals surface area (Å²) >= 11 is 12.0. The Bertz CT molecular complexity index is 901. The number of nitro groups is 1. The van der Waals surface area contributed by atoms with Crippen molar-refractivity contribution in [2.24, 2.45) is 0 Å². The van der Waals surface area contributed by atoms with E-state index in [1.807, 2.05) is 6.07 Å². The van der Waals surface area contributed by atoms with E-state index in [9.17, 15) is 14.9 Å². The summed E-state index contributed by atoms with van der Waals surface area (Å²) in [6.07, 6.45) is 0. The molecule has 0 saturated carbocycles. The van der Waals surface area contributed by atoms with Gasteiger partial charge in [-0.15, -0.1) is 0 Å². The number of nitrogens with zero attached hydrogens (tertiary/aromatic N) is 3. The van der Waals surface area contributed by atoms with Crippen LogP contribution < -0.4 is 15.0 Å². The monoisotopic (exact) mass is 424 g/mol. The van der Waals surface area contributed by atoms with Crippen LogP contribution in [0.15, 0.2) is 36.4 Å². The van der Waals surface area contributed by atoms with E-state index in [2.05, 4.69) is 10.2 Å². The van der Waals surface area contributed by atoms with Gasteiger partial charge in [0.15, 0.2) is 0 Å². The van der Waals surface area contributed by atoms with Gasteiger partial charge in [0.2, 0.25) is 0 Å². The third-order valence-electron chi connectivity index (χ3n) is 4.47. The van der Waals surface area contributed by atoms with Crippen LogP contribution in [0.25, 0.3) is 0 Å². The molecule has 0 radical (unpaired) electrons. The number of piperazine rings is 1. The van der Waals surface area contributed by atoms with Gasteiger partial charge in [-0.2, -0.15) is 0 Å². The lowest BCUT2D eigenvalue weighted by atomic mass is 10.2. The largest absolute Gasteiger partial charge is 0.494 e. The second-order valence-corrected chi connectivity index (χ2v) is 6.96. The van der Waals surface area contributed by atoms with E-state index in [1.165, 1.54) is 25.3 Å². The Kier molecular flexibility index (Phi) is 6.11. The number of urea groups is 1. The smallest absolute Gasteiger partial charge is 0.322 e. The molecule has 1 aliphatic heterocycles. The number of carbonyl (C=O) groups is 1. The van der Waals surface area contributed by atoms with Gasteiger partial charge in [0.1, 0.15) is 5.75 Å². The zero-order valence-electron chi connectivity index (χ0n) is 15.0. The normalized spacial score (nSPS) is 14.0. The molecular weight excluding hydrogens is 407 g/mol. The Morgan fingerprint density at radius 2 is 1.82 bits per heavy atom. The number of rotatable bonds is 4. The van der Waals surface area contributed by atoms with Crippen molar-refractivity contribution in [2.45, 2.75) is 0 Å². The molecule has 148 valence electrons. The highest BCUT2D eigenvalue weighted by atomic mass is 35.5. The van der Waals surface area contributed by atoms with Crippen LogP contribution >= 0.6 is 23.2 Å². The maximum Gasteiger partial charge on any atom is 0.322 e. The Balaban J connectivity index is 1.62. The van der Waals surface area contributed by atoms with Gasteiger partial charge in [0.25, 0.3) is 5.69 Å².